The summed E-state index contributed by atoms with van der Waals surface area (Å²) >= 11 is 13.0. The van der Waals surface area contributed by atoms with Crippen LogP contribution in [0.15, 0.2) is 30.3 Å². The lowest BCUT2D eigenvalue weighted by molar-refractivity contribution is -0.151. The predicted octanol–water partition coefficient (Wildman–Crippen LogP) is 5.08. The van der Waals surface area contributed by atoms with Gasteiger partial charge in [-0.15, -0.1) is 0 Å². The van der Waals surface area contributed by atoms with Gasteiger partial charge in [-0.3, -0.25) is 14.3 Å². The van der Waals surface area contributed by atoms with Crippen LogP contribution in [0.25, 0.3) is 10.9 Å². The summed E-state index contributed by atoms with van der Waals surface area (Å²) in [6.45, 7) is 9.39. The molecule has 0 aliphatic carbocycles. The van der Waals surface area contributed by atoms with Crippen LogP contribution in [0.5, 0.6) is 0 Å². The van der Waals surface area contributed by atoms with Gasteiger partial charge in [0, 0.05) is 17.5 Å². The molecule has 0 unspecified atom stereocenters. The Morgan fingerprint density at radius 3 is 2.58 bits per heavy atom. The average molecular weight is 590 g/mol. The van der Waals surface area contributed by atoms with Crippen molar-refractivity contribution in [2.75, 3.05) is 6.61 Å². The number of hydrogen-bond donors (Lipinski definition) is 2. The third kappa shape index (κ3) is 6.00. The van der Waals surface area contributed by atoms with Crippen molar-refractivity contribution in [3.63, 3.8) is 0 Å². The van der Waals surface area contributed by atoms with E-state index in [1.165, 1.54) is 0 Å². The van der Waals surface area contributed by atoms with E-state index in [1.54, 1.807) is 36.5 Å². The zero-order valence-corrected chi connectivity index (χ0v) is 25.4. The Hall–Kier alpha value is -2.65. The lowest BCUT2D eigenvalue weighted by Gasteiger charge is -2.43. The van der Waals surface area contributed by atoms with Crippen LogP contribution in [0.3, 0.4) is 0 Å². The standard InChI is InChI=1S/C30H38Cl2N4O4/c1-16(2)12-24(33)29(38)40-15-18-13-20-19(8-7-9-22(20)30(4,5)39)17(3)36(18)26(37)14-21-23(31)10-11-25-27(21)28(32)34-35(25)6/h7-11,16-18,24,39H,12-15,33H2,1-6H3/t17-,18+,24-/m0/s1. The number of nitrogens with zero attached hydrogens (tertiary/aromatic N) is 3. The number of ether oxygens (including phenoxy) is 1. The molecule has 3 N–H and O–H groups in total. The van der Waals surface area contributed by atoms with E-state index in [0.717, 1.165) is 22.2 Å². The molecule has 1 aliphatic heterocycles. The van der Waals surface area contributed by atoms with Crippen LogP contribution in [0.2, 0.25) is 10.2 Å². The van der Waals surface area contributed by atoms with Crippen molar-refractivity contribution in [2.45, 2.75) is 77.6 Å². The van der Waals surface area contributed by atoms with E-state index in [9.17, 15) is 14.7 Å². The Morgan fingerprint density at radius 2 is 1.93 bits per heavy atom. The number of rotatable bonds is 8. The summed E-state index contributed by atoms with van der Waals surface area (Å²) in [6.07, 6.45) is 0.899. The molecule has 3 aromatic rings. The molecule has 0 radical (unpaired) electrons. The van der Waals surface area contributed by atoms with Gasteiger partial charge in [-0.2, -0.15) is 5.10 Å². The van der Waals surface area contributed by atoms with Gasteiger partial charge in [0.2, 0.25) is 5.91 Å². The second-order valence-corrected chi connectivity index (χ2v) is 12.4. The average Bonchev–Trinajstić information content (AvgIpc) is 3.15. The van der Waals surface area contributed by atoms with E-state index >= 15 is 0 Å². The number of aliphatic hydroxyl groups is 1. The van der Waals surface area contributed by atoms with Gasteiger partial charge in [-0.1, -0.05) is 55.2 Å². The first kappa shape index (κ1) is 30.3. The maximum atomic E-state index is 14.1. The first-order valence-electron chi connectivity index (χ1n) is 13.6. The number of halogens is 2. The highest BCUT2D eigenvalue weighted by Gasteiger charge is 2.39. The summed E-state index contributed by atoms with van der Waals surface area (Å²) in [6, 6.07) is 7.76. The fraction of sp³-hybridized carbons (Fsp3) is 0.500. The fourth-order valence-electron chi connectivity index (χ4n) is 5.81. The van der Waals surface area contributed by atoms with Crippen LogP contribution in [0.4, 0.5) is 0 Å². The molecule has 0 spiro atoms. The van der Waals surface area contributed by atoms with Gasteiger partial charge >= 0.3 is 5.97 Å². The van der Waals surface area contributed by atoms with E-state index in [1.807, 2.05) is 45.0 Å². The monoisotopic (exact) mass is 588 g/mol. The lowest BCUT2D eigenvalue weighted by atomic mass is 9.81. The quantitative estimate of drug-likeness (QED) is 0.355. The Balaban J connectivity index is 1.71. The molecule has 8 nitrogen and oxygen atoms in total. The minimum atomic E-state index is -1.09. The van der Waals surface area contributed by atoms with E-state index < -0.39 is 23.7 Å². The van der Waals surface area contributed by atoms with Gasteiger partial charge in [0.25, 0.3) is 0 Å². The number of aryl methyl sites for hydroxylation is 1. The highest BCUT2D eigenvalue weighted by molar-refractivity contribution is 6.37. The number of nitrogens with two attached hydrogens (primary N) is 1. The first-order valence-corrected chi connectivity index (χ1v) is 14.3. The molecular formula is C30H38Cl2N4O4. The molecule has 216 valence electrons. The number of amides is 1. The predicted molar refractivity (Wildman–Crippen MR) is 157 cm³/mol. The lowest BCUT2D eigenvalue weighted by Crippen LogP contribution is -2.50. The molecule has 0 bridgehead atoms. The molecule has 1 aliphatic rings. The number of fused-ring (bicyclic) bond motifs is 2. The highest BCUT2D eigenvalue weighted by Crippen LogP contribution is 2.39. The van der Waals surface area contributed by atoms with Crippen molar-refractivity contribution < 1.29 is 19.4 Å². The normalized spacial score (nSPS) is 18.2. The third-order valence-electron chi connectivity index (χ3n) is 7.66. The van der Waals surface area contributed by atoms with Crippen molar-refractivity contribution in [3.8, 4) is 0 Å². The largest absolute Gasteiger partial charge is 0.462 e. The molecule has 0 saturated carbocycles. The third-order valence-corrected chi connectivity index (χ3v) is 8.28. The number of carbonyl (C=O) groups is 2. The van der Waals surface area contributed by atoms with Crippen molar-refractivity contribution in [1.29, 1.82) is 0 Å². The van der Waals surface area contributed by atoms with Gasteiger partial charge in [-0.05, 0) is 73.9 Å². The SMILES string of the molecule is CC(C)C[C@H](N)C(=O)OC[C@H]1Cc2c(cccc2C(C)(C)O)[C@H](C)N1C(=O)Cc1c(Cl)ccc2c1c(Cl)nn2C. The molecule has 2 heterocycles. The topological polar surface area (TPSA) is 111 Å². The van der Waals surface area contributed by atoms with Crippen LogP contribution in [-0.2, 0) is 39.8 Å². The van der Waals surface area contributed by atoms with E-state index in [4.69, 9.17) is 33.7 Å². The molecule has 10 heteroatoms. The number of esters is 1. The summed E-state index contributed by atoms with van der Waals surface area (Å²) in [4.78, 5) is 28.6. The second-order valence-electron chi connectivity index (χ2n) is 11.6. The molecule has 2 aromatic carbocycles. The molecule has 4 rings (SSSR count). The molecule has 0 saturated heterocycles. The summed E-state index contributed by atoms with van der Waals surface area (Å²) in [5, 5.41) is 16.5. The van der Waals surface area contributed by atoms with Gasteiger partial charge < -0.3 is 20.5 Å². The van der Waals surface area contributed by atoms with Crippen LogP contribution in [0, 0.1) is 5.92 Å². The van der Waals surface area contributed by atoms with Crippen LogP contribution < -0.4 is 5.73 Å². The highest BCUT2D eigenvalue weighted by atomic mass is 35.5. The van der Waals surface area contributed by atoms with Crippen molar-refractivity contribution >= 4 is 46.0 Å². The molecule has 40 heavy (non-hydrogen) atoms. The molecule has 1 amide bonds. The summed E-state index contributed by atoms with van der Waals surface area (Å²) < 4.78 is 7.35. The van der Waals surface area contributed by atoms with Crippen LogP contribution in [-0.4, -0.2) is 50.4 Å². The van der Waals surface area contributed by atoms with E-state index in [0.29, 0.717) is 28.8 Å². The Morgan fingerprint density at radius 1 is 1.23 bits per heavy atom. The van der Waals surface area contributed by atoms with Gasteiger partial charge in [0.05, 0.1) is 29.6 Å². The summed E-state index contributed by atoms with van der Waals surface area (Å²) in [5.41, 5.74) is 9.04. The molecule has 3 atom stereocenters. The fourth-order valence-corrected chi connectivity index (χ4v) is 6.35. The Kier molecular flexibility index (Phi) is 8.85. The number of benzene rings is 2. The maximum Gasteiger partial charge on any atom is 0.322 e. The zero-order chi connectivity index (χ0) is 29.5. The first-order chi connectivity index (χ1) is 18.7. The number of aromatic nitrogens is 2. The van der Waals surface area contributed by atoms with Crippen molar-refractivity contribution in [1.82, 2.24) is 14.7 Å². The summed E-state index contributed by atoms with van der Waals surface area (Å²) in [7, 11) is 1.78. The van der Waals surface area contributed by atoms with Gasteiger partial charge in [0.15, 0.2) is 5.15 Å². The smallest absolute Gasteiger partial charge is 0.322 e. The maximum absolute atomic E-state index is 14.1. The van der Waals surface area contributed by atoms with Gasteiger partial charge in [0.1, 0.15) is 12.6 Å². The van der Waals surface area contributed by atoms with E-state index in [2.05, 4.69) is 5.10 Å². The Labute approximate surface area is 245 Å². The van der Waals surface area contributed by atoms with Crippen LogP contribution in [0.1, 0.15) is 69.3 Å². The summed E-state index contributed by atoms with van der Waals surface area (Å²) in [5.74, 6) is -0.442. The molecule has 1 aromatic heterocycles. The van der Waals surface area contributed by atoms with Crippen molar-refractivity contribution in [3.05, 3.63) is 62.8 Å². The van der Waals surface area contributed by atoms with Crippen LogP contribution >= 0.6 is 23.2 Å². The number of carbonyl (C=O) groups excluding carboxylic acids is 2. The van der Waals surface area contributed by atoms with Gasteiger partial charge in [-0.25, -0.2) is 0 Å². The minimum absolute atomic E-state index is 0.0102. The number of hydrogen-bond acceptors (Lipinski definition) is 6. The molecular weight excluding hydrogens is 551 g/mol. The minimum Gasteiger partial charge on any atom is -0.462 e. The Bertz CT molecular complexity index is 1430. The van der Waals surface area contributed by atoms with Crippen molar-refractivity contribution in [2.24, 2.45) is 18.7 Å². The van der Waals surface area contributed by atoms with E-state index in [-0.39, 0.29) is 36.0 Å². The zero-order valence-electron chi connectivity index (χ0n) is 23.9. The second kappa shape index (κ2) is 11.7. The molecule has 0 fully saturated rings.